The molecule has 1 aromatic rings. The van der Waals surface area contributed by atoms with Crippen molar-refractivity contribution in [2.75, 3.05) is 14.1 Å². The number of benzene rings is 1. The van der Waals surface area contributed by atoms with Gasteiger partial charge < -0.3 is 31.3 Å². The number of fused-ring (bicyclic) bond motifs is 3. The van der Waals surface area contributed by atoms with E-state index in [1.54, 1.807) is 0 Å². The van der Waals surface area contributed by atoms with Crippen molar-refractivity contribution in [2.45, 2.75) is 30.6 Å². The minimum absolute atomic E-state index is 0. The van der Waals surface area contributed by atoms with Crippen molar-refractivity contribution in [1.82, 2.24) is 4.90 Å². The number of phenols is 1. The summed E-state index contributed by atoms with van der Waals surface area (Å²) in [5, 5.41) is 54.9. The maximum atomic E-state index is 13.7. The first-order chi connectivity index (χ1) is 14.8. The predicted molar refractivity (Wildman–Crippen MR) is 117 cm³/mol. The molecule has 1 saturated carbocycles. The maximum Gasteiger partial charge on any atom is 0.255 e. The lowest BCUT2D eigenvalue weighted by molar-refractivity contribution is -0.159. The molecular formula is C22H25ClN2O8. The molecule has 10 nitrogen and oxygen atoms in total. The highest BCUT2D eigenvalue weighted by Gasteiger charge is 2.66. The number of amides is 1. The number of rotatable bonds is 2. The molecule has 178 valence electrons. The largest absolute Gasteiger partial charge is 0.508 e. The van der Waals surface area contributed by atoms with Gasteiger partial charge in [0.25, 0.3) is 5.91 Å². The van der Waals surface area contributed by atoms with E-state index in [9.17, 15) is 39.9 Å². The number of Topliss-reactive ketones (excluding diaryl/α,β-unsaturated/α-hetero) is 2. The summed E-state index contributed by atoms with van der Waals surface area (Å²) in [5.41, 5.74) is -0.548. The molecule has 5 atom stereocenters. The molecule has 1 amide bonds. The summed E-state index contributed by atoms with van der Waals surface area (Å²) in [5.74, 6) is -7.90. The quantitative estimate of drug-likeness (QED) is 0.318. The number of ketones is 2. The minimum Gasteiger partial charge on any atom is -0.508 e. The summed E-state index contributed by atoms with van der Waals surface area (Å²) in [6, 6.07) is 3.02. The van der Waals surface area contributed by atoms with Crippen LogP contribution >= 0.6 is 12.4 Å². The third-order valence-electron chi connectivity index (χ3n) is 7.02. The van der Waals surface area contributed by atoms with Crippen molar-refractivity contribution >= 4 is 35.6 Å². The molecule has 7 N–H and O–H groups in total. The zero-order valence-electron chi connectivity index (χ0n) is 18.1. The van der Waals surface area contributed by atoms with E-state index >= 15 is 0 Å². The summed E-state index contributed by atoms with van der Waals surface area (Å²) >= 11 is 0. The van der Waals surface area contributed by atoms with Gasteiger partial charge in [-0.1, -0.05) is 12.1 Å². The molecular weight excluding hydrogens is 456 g/mol. The van der Waals surface area contributed by atoms with E-state index in [0.717, 1.165) is 0 Å². The Kier molecular flexibility index (Phi) is 5.66. The smallest absolute Gasteiger partial charge is 0.255 e. The summed E-state index contributed by atoms with van der Waals surface area (Å²) in [4.78, 5) is 40.0. The van der Waals surface area contributed by atoms with Gasteiger partial charge in [0.15, 0.2) is 11.4 Å². The number of hydrogen-bond acceptors (Lipinski definition) is 9. The minimum atomic E-state index is -2.75. The van der Waals surface area contributed by atoms with Gasteiger partial charge in [-0.05, 0) is 39.1 Å². The normalized spacial score (nSPS) is 33.3. The van der Waals surface area contributed by atoms with Crippen LogP contribution in [0.1, 0.15) is 24.5 Å². The second-order valence-electron chi connectivity index (χ2n) is 8.96. The van der Waals surface area contributed by atoms with E-state index in [-0.39, 0.29) is 30.0 Å². The molecule has 0 spiro atoms. The van der Waals surface area contributed by atoms with E-state index in [0.29, 0.717) is 0 Å². The number of phenolic OH excluding ortho intramolecular Hbond substituents is 1. The number of carbonyl (C=O) groups excluding carboxylic acids is 3. The SMILES string of the molecule is CN(C)[C@H]1C(=O)C(C(N)=O)=C(O)[C@@]2(O)C(=O)C3=C(O)c4c(O)cccc4[C@@](C)(O)[C@H]3C[C@@H]12.Cl. The molecule has 0 aliphatic heterocycles. The lowest BCUT2D eigenvalue weighted by atomic mass is 9.54. The number of aliphatic hydroxyl groups excluding tert-OH is 2. The van der Waals surface area contributed by atoms with Gasteiger partial charge in [0.05, 0.1) is 17.2 Å². The van der Waals surface area contributed by atoms with Gasteiger partial charge >= 0.3 is 0 Å². The Morgan fingerprint density at radius 1 is 1.15 bits per heavy atom. The Hall–Kier alpha value is -2.92. The third kappa shape index (κ3) is 2.95. The zero-order valence-corrected chi connectivity index (χ0v) is 18.9. The van der Waals surface area contributed by atoms with E-state index in [1.165, 1.54) is 44.1 Å². The first-order valence-corrected chi connectivity index (χ1v) is 9.97. The van der Waals surface area contributed by atoms with Crippen molar-refractivity contribution in [3.8, 4) is 5.75 Å². The average Bonchev–Trinajstić information content (AvgIpc) is 2.68. The van der Waals surface area contributed by atoms with Gasteiger partial charge in [-0.2, -0.15) is 0 Å². The van der Waals surface area contributed by atoms with Crippen LogP contribution < -0.4 is 5.73 Å². The molecule has 33 heavy (non-hydrogen) atoms. The number of nitrogens with two attached hydrogens (primary N) is 1. The van der Waals surface area contributed by atoms with Crippen molar-refractivity contribution in [3.05, 3.63) is 46.2 Å². The number of nitrogens with zero attached hydrogens (tertiary/aromatic N) is 1. The first-order valence-electron chi connectivity index (χ1n) is 9.97. The number of halogens is 1. The fraction of sp³-hybridized carbons (Fsp3) is 0.409. The molecule has 0 bridgehead atoms. The molecule has 0 saturated heterocycles. The third-order valence-corrected chi connectivity index (χ3v) is 7.02. The molecule has 3 aliphatic rings. The Balaban J connectivity index is 0.00000306. The van der Waals surface area contributed by atoms with Gasteiger partial charge in [-0.3, -0.25) is 19.3 Å². The molecule has 1 fully saturated rings. The highest BCUT2D eigenvalue weighted by molar-refractivity contribution is 6.24. The molecule has 0 unspecified atom stereocenters. The lowest BCUT2D eigenvalue weighted by Crippen LogP contribution is -2.67. The lowest BCUT2D eigenvalue weighted by Gasteiger charge is -2.53. The summed E-state index contributed by atoms with van der Waals surface area (Å²) in [6.07, 6.45) is -0.200. The standard InChI is InChI=1S/C22H24N2O8.ClH/c1-21(31)8-5-4-6-11(25)12(8)16(26)13-9(21)7-10-15(24(2)3)17(27)14(20(23)30)19(29)22(10,32)18(13)28;/h4-6,9-10,15,25-26,29,31-32H,7H2,1-3H3,(H2,23,30);1H/t9-,10-,15+,21+,22-;/m0./s1. The maximum absolute atomic E-state index is 13.7. The molecule has 4 rings (SSSR count). The Labute approximate surface area is 195 Å². The van der Waals surface area contributed by atoms with Crippen LogP contribution in [0.5, 0.6) is 5.75 Å². The summed E-state index contributed by atoms with van der Waals surface area (Å²) < 4.78 is 0. The highest BCUT2D eigenvalue weighted by Crippen LogP contribution is 2.57. The van der Waals surface area contributed by atoms with Crippen molar-refractivity contribution in [2.24, 2.45) is 17.6 Å². The van der Waals surface area contributed by atoms with Gasteiger partial charge in [0, 0.05) is 17.4 Å². The van der Waals surface area contributed by atoms with Crippen LogP contribution in [0, 0.1) is 11.8 Å². The van der Waals surface area contributed by atoms with E-state index in [2.05, 4.69) is 0 Å². The van der Waals surface area contributed by atoms with Crippen LogP contribution in [0.3, 0.4) is 0 Å². The van der Waals surface area contributed by atoms with Gasteiger partial charge in [0.2, 0.25) is 5.78 Å². The second kappa shape index (κ2) is 7.56. The summed E-state index contributed by atoms with van der Waals surface area (Å²) in [7, 11) is 3.01. The fourth-order valence-electron chi connectivity index (χ4n) is 5.50. The molecule has 0 heterocycles. The van der Waals surface area contributed by atoms with Crippen LogP contribution in [-0.4, -0.2) is 73.6 Å². The Bertz CT molecular complexity index is 1160. The predicted octanol–water partition coefficient (Wildman–Crippen LogP) is 0.0508. The van der Waals surface area contributed by atoms with Gasteiger partial charge in [-0.15, -0.1) is 12.4 Å². The van der Waals surface area contributed by atoms with Crippen molar-refractivity contribution < 1.29 is 39.9 Å². The number of hydrogen-bond donors (Lipinski definition) is 6. The summed E-state index contributed by atoms with van der Waals surface area (Å²) in [6.45, 7) is 1.40. The molecule has 1 aromatic carbocycles. The second-order valence-corrected chi connectivity index (χ2v) is 8.96. The van der Waals surface area contributed by atoms with Gasteiger partial charge in [-0.25, -0.2) is 0 Å². The zero-order chi connectivity index (χ0) is 23.9. The van der Waals surface area contributed by atoms with Crippen LogP contribution in [0.2, 0.25) is 0 Å². The topological polar surface area (TPSA) is 182 Å². The molecule has 3 aliphatic carbocycles. The highest BCUT2D eigenvalue weighted by atomic mass is 35.5. The number of primary amides is 1. The van der Waals surface area contributed by atoms with Crippen molar-refractivity contribution in [1.29, 1.82) is 0 Å². The Morgan fingerprint density at radius 3 is 2.30 bits per heavy atom. The number of aromatic hydroxyl groups is 1. The Morgan fingerprint density at radius 2 is 1.76 bits per heavy atom. The average molecular weight is 481 g/mol. The molecule has 11 heteroatoms. The number of carbonyl (C=O) groups is 3. The fourth-order valence-corrected chi connectivity index (χ4v) is 5.50. The van der Waals surface area contributed by atoms with Crippen LogP contribution in [-0.2, 0) is 20.0 Å². The monoisotopic (exact) mass is 480 g/mol. The van der Waals surface area contributed by atoms with Gasteiger partial charge in [0.1, 0.15) is 22.8 Å². The van der Waals surface area contributed by atoms with Crippen LogP contribution in [0.15, 0.2) is 35.1 Å². The first kappa shape index (κ1) is 24.7. The number of aliphatic hydroxyl groups is 4. The number of likely N-dealkylation sites (N-methyl/N-ethyl adjacent to an activating group) is 1. The van der Waals surface area contributed by atoms with E-state index in [4.69, 9.17) is 5.73 Å². The van der Waals surface area contributed by atoms with Crippen LogP contribution in [0.25, 0.3) is 5.76 Å². The molecule has 0 radical (unpaired) electrons. The van der Waals surface area contributed by atoms with E-state index in [1.807, 2.05) is 0 Å². The van der Waals surface area contributed by atoms with E-state index < -0.39 is 75.0 Å². The van der Waals surface area contributed by atoms with Crippen molar-refractivity contribution in [3.63, 3.8) is 0 Å². The molecule has 0 aromatic heterocycles. The van der Waals surface area contributed by atoms with Crippen LogP contribution in [0.4, 0.5) is 0 Å².